The Balaban J connectivity index is 1.44. The number of ether oxygens (including phenoxy) is 5. The van der Waals surface area contributed by atoms with Gasteiger partial charge in [-0.15, -0.1) is 0 Å². The molecule has 2 aromatic carbocycles. The number of carbonyl (C=O) groups excluding carboxylic acids is 2. The third-order valence-electron chi connectivity index (χ3n) is 4.70. The molecule has 0 N–H and O–H groups in total. The van der Waals surface area contributed by atoms with Crippen molar-refractivity contribution in [3.8, 4) is 0 Å². The van der Waals surface area contributed by atoms with Crippen LogP contribution in [0.25, 0.3) is 0 Å². The molecule has 2 heterocycles. The predicted octanol–water partition coefficient (Wildman–Crippen LogP) is 2.21. The summed E-state index contributed by atoms with van der Waals surface area (Å²) < 4.78 is 27.7. The molecule has 146 valence electrons. The average molecular weight is 384 g/mol. The summed E-state index contributed by atoms with van der Waals surface area (Å²) >= 11 is 0. The van der Waals surface area contributed by atoms with Crippen LogP contribution >= 0.6 is 0 Å². The summed E-state index contributed by atoms with van der Waals surface area (Å²) in [6.07, 6.45) is -2.66. The molecular weight excluding hydrogens is 364 g/mol. The second-order valence-electron chi connectivity index (χ2n) is 6.54. The van der Waals surface area contributed by atoms with Crippen LogP contribution in [-0.4, -0.2) is 56.4 Å². The normalized spacial score (nSPS) is 28.1. The van der Waals surface area contributed by atoms with Crippen LogP contribution in [0.2, 0.25) is 0 Å². The van der Waals surface area contributed by atoms with Gasteiger partial charge in [-0.25, -0.2) is 9.59 Å². The van der Waals surface area contributed by atoms with Gasteiger partial charge in [0, 0.05) is 7.11 Å². The van der Waals surface area contributed by atoms with Gasteiger partial charge < -0.3 is 23.7 Å². The summed E-state index contributed by atoms with van der Waals surface area (Å²) in [5, 5.41) is 0. The SMILES string of the molecule is CO[C@H]1O[C@H](COC(=O)c2ccccc2)[C@H](OC(=O)c2ccccc2)[C@H]2O[C@@H]12. The molecule has 0 bridgehead atoms. The monoisotopic (exact) mass is 384 g/mol. The van der Waals surface area contributed by atoms with Gasteiger partial charge in [-0.05, 0) is 24.3 Å². The second-order valence-corrected chi connectivity index (χ2v) is 6.54. The van der Waals surface area contributed by atoms with Gasteiger partial charge in [-0.1, -0.05) is 36.4 Å². The van der Waals surface area contributed by atoms with Gasteiger partial charge in [0.2, 0.25) is 0 Å². The highest BCUT2D eigenvalue weighted by atomic mass is 16.8. The third-order valence-corrected chi connectivity index (χ3v) is 4.70. The number of benzene rings is 2. The number of epoxide rings is 1. The van der Waals surface area contributed by atoms with Crippen molar-refractivity contribution in [2.45, 2.75) is 30.7 Å². The Morgan fingerprint density at radius 2 is 1.46 bits per heavy atom. The first-order valence-electron chi connectivity index (χ1n) is 8.99. The van der Waals surface area contributed by atoms with E-state index in [0.717, 1.165) is 0 Å². The van der Waals surface area contributed by atoms with Gasteiger partial charge in [0.05, 0.1) is 11.1 Å². The number of hydrogen-bond donors (Lipinski definition) is 0. The Bertz CT molecular complexity index is 823. The van der Waals surface area contributed by atoms with E-state index in [-0.39, 0.29) is 18.8 Å². The summed E-state index contributed by atoms with van der Waals surface area (Å²) in [5.74, 6) is -0.969. The molecule has 0 radical (unpaired) electrons. The number of methoxy groups -OCH3 is 1. The molecule has 5 atom stereocenters. The minimum atomic E-state index is -0.701. The number of hydrogen-bond acceptors (Lipinski definition) is 7. The van der Waals surface area contributed by atoms with Crippen LogP contribution in [0.4, 0.5) is 0 Å². The van der Waals surface area contributed by atoms with Crippen molar-refractivity contribution in [2.75, 3.05) is 13.7 Å². The zero-order valence-electron chi connectivity index (χ0n) is 15.2. The number of rotatable bonds is 6. The van der Waals surface area contributed by atoms with E-state index >= 15 is 0 Å². The van der Waals surface area contributed by atoms with E-state index in [2.05, 4.69) is 0 Å². The highest BCUT2D eigenvalue weighted by Gasteiger charge is 2.60. The highest BCUT2D eigenvalue weighted by molar-refractivity contribution is 5.90. The molecule has 0 aliphatic carbocycles. The minimum absolute atomic E-state index is 0.0904. The first-order chi connectivity index (χ1) is 13.7. The topological polar surface area (TPSA) is 83.6 Å². The van der Waals surface area contributed by atoms with Crippen LogP contribution < -0.4 is 0 Å². The lowest BCUT2D eigenvalue weighted by atomic mass is 10.0. The molecule has 2 saturated heterocycles. The standard InChI is InChI=1S/C21H20O7/c1-24-21-18-17(27-18)16(28-20(23)14-10-6-3-7-11-14)15(26-21)12-25-19(22)13-8-4-2-5-9-13/h2-11,15-18,21H,12H2,1H3/t15-,16+,17-,18-,21+/m1/s1. The van der Waals surface area contributed by atoms with Crippen molar-refractivity contribution >= 4 is 11.9 Å². The smallest absolute Gasteiger partial charge is 0.338 e. The fourth-order valence-electron chi connectivity index (χ4n) is 3.21. The van der Waals surface area contributed by atoms with Crippen molar-refractivity contribution < 1.29 is 33.3 Å². The molecule has 0 amide bonds. The van der Waals surface area contributed by atoms with Crippen molar-refractivity contribution in [1.82, 2.24) is 0 Å². The minimum Gasteiger partial charge on any atom is -0.459 e. The van der Waals surface area contributed by atoms with E-state index in [4.69, 9.17) is 23.7 Å². The van der Waals surface area contributed by atoms with Crippen molar-refractivity contribution in [1.29, 1.82) is 0 Å². The molecule has 7 heteroatoms. The molecule has 0 unspecified atom stereocenters. The van der Waals surface area contributed by atoms with Crippen molar-refractivity contribution in [3.05, 3.63) is 71.8 Å². The van der Waals surface area contributed by atoms with E-state index < -0.39 is 30.4 Å². The van der Waals surface area contributed by atoms with E-state index in [0.29, 0.717) is 11.1 Å². The first kappa shape index (κ1) is 18.6. The van der Waals surface area contributed by atoms with Gasteiger partial charge in [-0.2, -0.15) is 0 Å². The van der Waals surface area contributed by atoms with Crippen LogP contribution in [0.1, 0.15) is 20.7 Å². The summed E-state index contributed by atoms with van der Waals surface area (Å²) in [6.45, 7) is -0.0904. The lowest BCUT2D eigenvalue weighted by Crippen LogP contribution is -2.50. The number of esters is 2. The lowest BCUT2D eigenvalue weighted by molar-refractivity contribution is -0.207. The molecule has 2 aliphatic heterocycles. The van der Waals surface area contributed by atoms with Gasteiger partial charge in [0.25, 0.3) is 0 Å². The van der Waals surface area contributed by atoms with Crippen LogP contribution in [0, 0.1) is 0 Å². The van der Waals surface area contributed by atoms with Gasteiger partial charge >= 0.3 is 11.9 Å². The molecule has 2 aromatic rings. The Morgan fingerprint density at radius 1 is 0.857 bits per heavy atom. The average Bonchev–Trinajstić information content (AvgIpc) is 3.55. The maximum atomic E-state index is 12.5. The molecule has 4 rings (SSSR count). The predicted molar refractivity (Wildman–Crippen MR) is 96.7 cm³/mol. The first-order valence-corrected chi connectivity index (χ1v) is 8.99. The maximum absolute atomic E-state index is 12.5. The van der Waals surface area contributed by atoms with Crippen LogP contribution in [0.5, 0.6) is 0 Å². The van der Waals surface area contributed by atoms with E-state index in [1.807, 2.05) is 12.1 Å². The van der Waals surface area contributed by atoms with Gasteiger partial charge in [0.1, 0.15) is 24.9 Å². The van der Waals surface area contributed by atoms with Crippen LogP contribution in [0.15, 0.2) is 60.7 Å². The lowest BCUT2D eigenvalue weighted by Gasteiger charge is -2.32. The zero-order valence-corrected chi connectivity index (χ0v) is 15.2. The number of carbonyl (C=O) groups is 2. The van der Waals surface area contributed by atoms with E-state index in [9.17, 15) is 9.59 Å². The second kappa shape index (κ2) is 8.10. The van der Waals surface area contributed by atoms with Gasteiger partial charge in [0.15, 0.2) is 12.4 Å². The fraction of sp³-hybridized carbons (Fsp3) is 0.333. The quantitative estimate of drug-likeness (QED) is 0.558. The summed E-state index contributed by atoms with van der Waals surface area (Å²) in [4.78, 5) is 24.7. The molecule has 0 aromatic heterocycles. The Hall–Kier alpha value is -2.74. The molecule has 2 fully saturated rings. The third kappa shape index (κ3) is 3.91. The Labute approximate surface area is 162 Å². The number of fused-ring (bicyclic) bond motifs is 1. The molecule has 0 saturated carbocycles. The van der Waals surface area contributed by atoms with Crippen LogP contribution in [0.3, 0.4) is 0 Å². The maximum Gasteiger partial charge on any atom is 0.338 e. The summed E-state index contributed by atoms with van der Waals surface area (Å²) in [5.41, 5.74) is 0.855. The molecule has 7 nitrogen and oxygen atoms in total. The molecule has 2 aliphatic rings. The Morgan fingerprint density at radius 3 is 2.07 bits per heavy atom. The van der Waals surface area contributed by atoms with Crippen molar-refractivity contribution in [2.24, 2.45) is 0 Å². The summed E-state index contributed by atoms with van der Waals surface area (Å²) in [7, 11) is 1.51. The Kier molecular flexibility index (Phi) is 5.38. The largest absolute Gasteiger partial charge is 0.459 e. The van der Waals surface area contributed by atoms with E-state index in [1.54, 1.807) is 48.5 Å². The van der Waals surface area contributed by atoms with Gasteiger partial charge in [-0.3, -0.25) is 0 Å². The molecular formula is C21H20O7. The van der Waals surface area contributed by atoms with Crippen molar-refractivity contribution in [3.63, 3.8) is 0 Å². The highest BCUT2D eigenvalue weighted by Crippen LogP contribution is 2.39. The zero-order chi connectivity index (χ0) is 19.5. The fourth-order valence-corrected chi connectivity index (χ4v) is 3.21. The summed E-state index contributed by atoms with van der Waals surface area (Å²) in [6, 6.07) is 17.3. The molecule has 0 spiro atoms. The van der Waals surface area contributed by atoms with Crippen LogP contribution in [-0.2, 0) is 23.7 Å². The molecule has 28 heavy (non-hydrogen) atoms. The van der Waals surface area contributed by atoms with E-state index in [1.165, 1.54) is 7.11 Å².